The van der Waals surface area contributed by atoms with Gasteiger partial charge in [0, 0.05) is 16.9 Å². The molecule has 0 spiro atoms. The van der Waals surface area contributed by atoms with E-state index in [0.29, 0.717) is 21.9 Å². The minimum absolute atomic E-state index is 0.0187. The van der Waals surface area contributed by atoms with E-state index in [9.17, 15) is 9.59 Å². The lowest BCUT2D eigenvalue weighted by Crippen LogP contribution is -2.32. The zero-order valence-corrected chi connectivity index (χ0v) is 19.0. The Morgan fingerprint density at radius 3 is 2.19 bits per heavy atom. The summed E-state index contributed by atoms with van der Waals surface area (Å²) in [4.78, 5) is 32.2. The molecule has 0 aliphatic carbocycles. The summed E-state index contributed by atoms with van der Waals surface area (Å²) in [6.07, 6.45) is 1.64. The molecular weight excluding hydrogens is 422 g/mol. The zero-order chi connectivity index (χ0) is 22.9. The van der Waals surface area contributed by atoms with Crippen molar-refractivity contribution in [3.63, 3.8) is 0 Å². The minimum atomic E-state index is -0.384. The molecule has 4 rings (SSSR count). The van der Waals surface area contributed by atoms with Gasteiger partial charge in [-0.1, -0.05) is 62.7 Å². The summed E-state index contributed by atoms with van der Waals surface area (Å²) in [5.41, 5.74) is 3.77. The van der Waals surface area contributed by atoms with Crippen molar-refractivity contribution in [1.29, 1.82) is 0 Å². The Balaban J connectivity index is 1.71. The molecule has 0 unspecified atom stereocenters. The molecule has 5 nitrogen and oxygen atoms in total. The molecule has 2 aromatic carbocycles. The highest BCUT2D eigenvalue weighted by atomic mass is 35.5. The molecule has 1 aliphatic rings. The fourth-order valence-electron chi connectivity index (χ4n) is 3.57. The van der Waals surface area contributed by atoms with Crippen molar-refractivity contribution in [3.05, 3.63) is 100 Å². The van der Waals surface area contributed by atoms with Crippen molar-refractivity contribution in [2.24, 2.45) is 0 Å². The molecule has 0 fully saturated rings. The van der Waals surface area contributed by atoms with Crippen molar-refractivity contribution in [1.82, 2.24) is 9.88 Å². The van der Waals surface area contributed by atoms with E-state index in [0.717, 1.165) is 5.69 Å². The first kappa shape index (κ1) is 21.8. The molecular formula is C26H24ClN3O2. The number of hydrogen-bond acceptors (Lipinski definition) is 4. The Kier molecular flexibility index (Phi) is 5.85. The van der Waals surface area contributed by atoms with Crippen LogP contribution in [0.25, 0.3) is 5.57 Å². The van der Waals surface area contributed by atoms with E-state index >= 15 is 0 Å². The SMILES string of the molecule is CC(C)(C)c1ccc(NC2=C(c3ccc(Cl)cc3)C(=O)N(Cc3ccccn3)C2=O)cc1. The van der Waals surface area contributed by atoms with E-state index in [-0.39, 0.29) is 29.5 Å². The standard InChI is InChI=1S/C26H24ClN3O2/c1-26(2,3)18-9-13-20(14-10-18)29-23-22(17-7-11-19(27)12-8-17)24(31)30(25(23)32)16-21-6-4-5-15-28-21/h4-15,29H,16H2,1-3H3. The van der Waals surface area contributed by atoms with Crippen LogP contribution in [0.15, 0.2) is 78.6 Å². The minimum Gasteiger partial charge on any atom is -0.350 e. The molecule has 1 aromatic heterocycles. The topological polar surface area (TPSA) is 62.3 Å². The molecule has 162 valence electrons. The molecule has 1 aliphatic heterocycles. The van der Waals surface area contributed by atoms with Gasteiger partial charge < -0.3 is 5.32 Å². The quantitative estimate of drug-likeness (QED) is 0.532. The van der Waals surface area contributed by atoms with Crippen LogP contribution in [-0.4, -0.2) is 21.7 Å². The third kappa shape index (κ3) is 4.43. The van der Waals surface area contributed by atoms with Crippen LogP contribution in [0.5, 0.6) is 0 Å². The number of carbonyl (C=O) groups excluding carboxylic acids is 2. The van der Waals surface area contributed by atoms with E-state index in [1.807, 2.05) is 30.3 Å². The Morgan fingerprint density at radius 2 is 1.59 bits per heavy atom. The van der Waals surface area contributed by atoms with Gasteiger partial charge in [-0.2, -0.15) is 0 Å². The summed E-state index contributed by atoms with van der Waals surface area (Å²) in [5, 5.41) is 3.75. The van der Waals surface area contributed by atoms with Crippen molar-refractivity contribution in [3.8, 4) is 0 Å². The normalized spacial score (nSPS) is 14.3. The van der Waals surface area contributed by atoms with Gasteiger partial charge in [0.2, 0.25) is 0 Å². The fraction of sp³-hybridized carbons (Fsp3) is 0.192. The van der Waals surface area contributed by atoms with Crippen LogP contribution in [0, 0.1) is 0 Å². The fourth-order valence-corrected chi connectivity index (χ4v) is 3.70. The predicted molar refractivity (Wildman–Crippen MR) is 127 cm³/mol. The molecule has 32 heavy (non-hydrogen) atoms. The van der Waals surface area contributed by atoms with E-state index in [1.54, 1.807) is 42.6 Å². The third-order valence-corrected chi connectivity index (χ3v) is 5.62. The van der Waals surface area contributed by atoms with E-state index in [2.05, 4.69) is 31.1 Å². The van der Waals surface area contributed by atoms with Gasteiger partial charge in [0.15, 0.2) is 0 Å². The van der Waals surface area contributed by atoms with Crippen LogP contribution in [-0.2, 0) is 21.5 Å². The van der Waals surface area contributed by atoms with Gasteiger partial charge in [-0.3, -0.25) is 19.5 Å². The average molecular weight is 446 g/mol. The number of aromatic nitrogens is 1. The molecule has 2 amide bonds. The number of nitrogens with zero attached hydrogens (tertiary/aromatic N) is 2. The summed E-state index contributed by atoms with van der Waals surface area (Å²) in [5.74, 6) is -0.748. The number of rotatable bonds is 5. The van der Waals surface area contributed by atoms with Crippen molar-refractivity contribution < 1.29 is 9.59 Å². The Morgan fingerprint density at radius 1 is 0.906 bits per heavy atom. The number of benzene rings is 2. The van der Waals surface area contributed by atoms with Gasteiger partial charge in [0.25, 0.3) is 11.8 Å². The number of anilines is 1. The number of imide groups is 1. The highest BCUT2D eigenvalue weighted by Crippen LogP contribution is 2.32. The predicted octanol–water partition coefficient (Wildman–Crippen LogP) is 5.42. The second kappa shape index (κ2) is 8.60. The van der Waals surface area contributed by atoms with Gasteiger partial charge in [0.05, 0.1) is 17.8 Å². The summed E-state index contributed by atoms with van der Waals surface area (Å²) in [7, 11) is 0. The monoisotopic (exact) mass is 445 g/mol. The molecule has 0 atom stereocenters. The third-order valence-electron chi connectivity index (χ3n) is 5.37. The molecule has 0 saturated heterocycles. The van der Waals surface area contributed by atoms with Gasteiger partial charge >= 0.3 is 0 Å². The Labute approximate surface area is 192 Å². The van der Waals surface area contributed by atoms with E-state index < -0.39 is 0 Å². The molecule has 0 saturated carbocycles. The summed E-state index contributed by atoms with van der Waals surface area (Å²) in [6, 6.07) is 20.2. The van der Waals surface area contributed by atoms with Gasteiger partial charge in [-0.15, -0.1) is 0 Å². The van der Waals surface area contributed by atoms with Crippen LogP contribution in [0.1, 0.15) is 37.6 Å². The van der Waals surface area contributed by atoms with Gasteiger partial charge in [-0.05, 0) is 52.9 Å². The summed E-state index contributed by atoms with van der Waals surface area (Å²) in [6.45, 7) is 6.53. The number of nitrogens with one attached hydrogen (secondary N) is 1. The lowest BCUT2D eigenvalue weighted by Gasteiger charge is -2.19. The van der Waals surface area contributed by atoms with Crippen LogP contribution < -0.4 is 5.32 Å². The Hall–Kier alpha value is -3.44. The van der Waals surface area contributed by atoms with Gasteiger partial charge in [0.1, 0.15) is 5.70 Å². The second-order valence-electron chi connectivity index (χ2n) is 8.73. The number of pyridine rings is 1. The first-order valence-corrected chi connectivity index (χ1v) is 10.8. The maximum atomic E-state index is 13.3. The molecule has 6 heteroatoms. The number of halogens is 1. The Bertz CT molecular complexity index is 1180. The van der Waals surface area contributed by atoms with Crippen LogP contribution in [0.3, 0.4) is 0 Å². The average Bonchev–Trinajstić information content (AvgIpc) is 2.99. The van der Waals surface area contributed by atoms with Crippen LogP contribution >= 0.6 is 11.6 Å². The lowest BCUT2D eigenvalue weighted by atomic mass is 9.87. The largest absolute Gasteiger partial charge is 0.350 e. The smallest absolute Gasteiger partial charge is 0.278 e. The highest BCUT2D eigenvalue weighted by Gasteiger charge is 2.39. The number of hydrogen-bond donors (Lipinski definition) is 1. The maximum Gasteiger partial charge on any atom is 0.278 e. The first-order chi connectivity index (χ1) is 15.2. The van der Waals surface area contributed by atoms with Crippen LogP contribution in [0.2, 0.25) is 5.02 Å². The van der Waals surface area contributed by atoms with Gasteiger partial charge in [-0.25, -0.2) is 0 Å². The molecule has 2 heterocycles. The second-order valence-corrected chi connectivity index (χ2v) is 9.16. The maximum absolute atomic E-state index is 13.3. The van der Waals surface area contributed by atoms with E-state index in [4.69, 9.17) is 11.6 Å². The van der Waals surface area contributed by atoms with Crippen molar-refractivity contribution >= 4 is 34.7 Å². The first-order valence-electron chi connectivity index (χ1n) is 10.4. The summed E-state index contributed by atoms with van der Waals surface area (Å²) < 4.78 is 0. The van der Waals surface area contributed by atoms with Crippen molar-refractivity contribution in [2.75, 3.05) is 5.32 Å². The number of amides is 2. The molecule has 0 radical (unpaired) electrons. The van der Waals surface area contributed by atoms with E-state index in [1.165, 1.54) is 10.5 Å². The number of carbonyl (C=O) groups is 2. The molecule has 3 aromatic rings. The van der Waals surface area contributed by atoms with Crippen molar-refractivity contribution in [2.45, 2.75) is 32.7 Å². The van der Waals surface area contributed by atoms with Crippen LogP contribution in [0.4, 0.5) is 5.69 Å². The summed E-state index contributed by atoms with van der Waals surface area (Å²) >= 11 is 6.03. The molecule has 1 N–H and O–H groups in total. The lowest BCUT2D eigenvalue weighted by molar-refractivity contribution is -0.137. The zero-order valence-electron chi connectivity index (χ0n) is 18.2. The molecule has 0 bridgehead atoms. The highest BCUT2D eigenvalue weighted by molar-refractivity contribution is 6.36.